The van der Waals surface area contributed by atoms with Crippen LogP contribution in [0.2, 0.25) is 0 Å². The molecule has 32 heavy (non-hydrogen) atoms. The van der Waals surface area contributed by atoms with Gasteiger partial charge in [-0.3, -0.25) is 4.99 Å². The highest BCUT2D eigenvalue weighted by atomic mass is 127. The fourth-order valence-electron chi connectivity index (χ4n) is 3.31. The molecule has 0 aliphatic heterocycles. The highest BCUT2D eigenvalue weighted by Gasteiger charge is 2.08. The number of nitrogens with zero attached hydrogens (tertiary/aromatic N) is 3. The first-order valence-corrected chi connectivity index (χ1v) is 10.6. The van der Waals surface area contributed by atoms with Gasteiger partial charge in [-0.15, -0.1) is 24.0 Å². The van der Waals surface area contributed by atoms with E-state index in [0.29, 0.717) is 30.6 Å². The predicted octanol–water partition coefficient (Wildman–Crippen LogP) is 4.73. The molecule has 3 rings (SSSR count). The van der Waals surface area contributed by atoms with E-state index in [1.807, 2.05) is 43.6 Å². The van der Waals surface area contributed by atoms with Crippen molar-refractivity contribution in [2.45, 2.75) is 32.9 Å². The lowest BCUT2D eigenvalue weighted by Crippen LogP contribution is -2.31. The first-order valence-electron chi connectivity index (χ1n) is 10.6. The molecule has 0 fully saturated rings. The number of methoxy groups -OCH3 is 1. The minimum Gasteiger partial charge on any atom is -0.493 e. The molecule has 2 N–H and O–H groups in total. The van der Waals surface area contributed by atoms with Crippen molar-refractivity contribution in [2.75, 3.05) is 26.1 Å². The lowest BCUT2D eigenvalue weighted by molar-refractivity contribution is 0.311. The lowest BCUT2D eigenvalue weighted by atomic mass is 10.1. The maximum absolute atomic E-state index is 5.65. The standard InChI is InChI=1S/C24H31N5O2.HI/c1-4-31-22-17-20(12-13-21(22)30-3)28-24(25-2)27-18-23-26-14-16-29(23)15-8-11-19-9-6-5-7-10-19;/h5-7,9-10,12-14,16-17H,4,8,11,15,18H2,1-3H3,(H2,25,27,28);1H. The van der Waals surface area contributed by atoms with Gasteiger partial charge in [-0.25, -0.2) is 4.98 Å². The second kappa shape index (κ2) is 13.6. The molecule has 0 unspecified atom stereocenters. The van der Waals surface area contributed by atoms with Gasteiger partial charge in [0.15, 0.2) is 17.5 Å². The molecule has 0 amide bonds. The molecule has 8 heteroatoms. The van der Waals surface area contributed by atoms with Gasteiger partial charge in [0.05, 0.1) is 20.3 Å². The second-order valence-corrected chi connectivity index (χ2v) is 6.98. The largest absolute Gasteiger partial charge is 0.493 e. The van der Waals surface area contributed by atoms with Crippen molar-refractivity contribution in [3.05, 3.63) is 72.3 Å². The Morgan fingerprint density at radius 2 is 1.94 bits per heavy atom. The summed E-state index contributed by atoms with van der Waals surface area (Å²) in [5, 5.41) is 6.62. The summed E-state index contributed by atoms with van der Waals surface area (Å²) in [6.07, 6.45) is 5.98. The van der Waals surface area contributed by atoms with E-state index in [2.05, 4.69) is 49.4 Å². The van der Waals surface area contributed by atoms with Crippen LogP contribution in [-0.4, -0.2) is 36.3 Å². The lowest BCUT2D eigenvalue weighted by Gasteiger charge is -2.15. The number of aromatic nitrogens is 2. The van der Waals surface area contributed by atoms with Crippen molar-refractivity contribution in [3.63, 3.8) is 0 Å². The van der Waals surface area contributed by atoms with Gasteiger partial charge in [0.25, 0.3) is 0 Å². The van der Waals surface area contributed by atoms with Gasteiger partial charge >= 0.3 is 0 Å². The highest BCUT2D eigenvalue weighted by Crippen LogP contribution is 2.30. The fourth-order valence-corrected chi connectivity index (χ4v) is 3.31. The van der Waals surface area contributed by atoms with Crippen LogP contribution < -0.4 is 20.1 Å². The van der Waals surface area contributed by atoms with Crippen molar-refractivity contribution in [3.8, 4) is 11.5 Å². The number of aryl methyl sites for hydroxylation is 2. The number of rotatable bonds is 10. The number of ether oxygens (including phenoxy) is 2. The molecule has 0 atom stereocenters. The molecule has 0 saturated carbocycles. The molecule has 2 aromatic carbocycles. The maximum Gasteiger partial charge on any atom is 0.195 e. The molecule has 3 aromatic rings. The van der Waals surface area contributed by atoms with Gasteiger partial charge in [0.2, 0.25) is 0 Å². The zero-order chi connectivity index (χ0) is 21.9. The van der Waals surface area contributed by atoms with E-state index >= 15 is 0 Å². The molecule has 1 heterocycles. The van der Waals surface area contributed by atoms with E-state index in [0.717, 1.165) is 30.9 Å². The smallest absolute Gasteiger partial charge is 0.195 e. The van der Waals surface area contributed by atoms with Crippen LogP contribution in [0.4, 0.5) is 5.69 Å². The van der Waals surface area contributed by atoms with Crippen LogP contribution in [0.5, 0.6) is 11.5 Å². The van der Waals surface area contributed by atoms with Crippen molar-refractivity contribution < 1.29 is 9.47 Å². The van der Waals surface area contributed by atoms with E-state index in [4.69, 9.17) is 9.47 Å². The van der Waals surface area contributed by atoms with Gasteiger partial charge in [-0.1, -0.05) is 30.3 Å². The minimum atomic E-state index is 0. The zero-order valence-corrected chi connectivity index (χ0v) is 21.2. The number of imidazole rings is 1. The summed E-state index contributed by atoms with van der Waals surface area (Å²) in [6, 6.07) is 16.3. The zero-order valence-electron chi connectivity index (χ0n) is 18.9. The van der Waals surface area contributed by atoms with Gasteiger partial charge in [-0.2, -0.15) is 0 Å². The molecule has 1 aromatic heterocycles. The summed E-state index contributed by atoms with van der Waals surface area (Å²) < 4.78 is 13.2. The Kier molecular flexibility index (Phi) is 10.9. The van der Waals surface area contributed by atoms with Crippen molar-refractivity contribution in [1.29, 1.82) is 0 Å². The molecule has 0 bridgehead atoms. The van der Waals surface area contributed by atoms with Gasteiger partial charge in [0, 0.05) is 37.7 Å². The number of anilines is 1. The van der Waals surface area contributed by atoms with E-state index in [1.54, 1.807) is 14.2 Å². The summed E-state index contributed by atoms with van der Waals surface area (Å²) >= 11 is 0. The molecule has 7 nitrogen and oxygen atoms in total. The predicted molar refractivity (Wildman–Crippen MR) is 140 cm³/mol. The highest BCUT2D eigenvalue weighted by molar-refractivity contribution is 14.0. The molecule has 0 aliphatic carbocycles. The van der Waals surface area contributed by atoms with Gasteiger partial charge in [0.1, 0.15) is 5.82 Å². The molecule has 0 aliphatic rings. The van der Waals surface area contributed by atoms with Crippen LogP contribution >= 0.6 is 24.0 Å². The number of nitrogens with one attached hydrogen (secondary N) is 2. The van der Waals surface area contributed by atoms with Crippen LogP contribution in [0.15, 0.2) is 65.9 Å². The van der Waals surface area contributed by atoms with Crippen LogP contribution in [0.25, 0.3) is 0 Å². The number of hydrogen-bond acceptors (Lipinski definition) is 4. The third kappa shape index (κ3) is 7.44. The topological polar surface area (TPSA) is 72.7 Å². The Labute approximate surface area is 207 Å². The quantitative estimate of drug-likeness (QED) is 0.218. The Bertz CT molecular complexity index is 976. The Morgan fingerprint density at radius 1 is 1.12 bits per heavy atom. The SMILES string of the molecule is CCOc1cc(NC(=NC)NCc2nccn2CCCc2ccccc2)ccc1OC.I. The monoisotopic (exact) mass is 549 g/mol. The summed E-state index contributed by atoms with van der Waals surface area (Å²) in [6.45, 7) is 4.02. The third-order valence-corrected chi connectivity index (χ3v) is 4.87. The molecule has 172 valence electrons. The minimum absolute atomic E-state index is 0. The summed E-state index contributed by atoms with van der Waals surface area (Å²) in [4.78, 5) is 8.82. The average Bonchev–Trinajstić information content (AvgIpc) is 3.25. The second-order valence-electron chi connectivity index (χ2n) is 6.98. The van der Waals surface area contributed by atoms with E-state index in [1.165, 1.54) is 5.56 Å². The molecular weight excluding hydrogens is 517 g/mol. The Balaban J connectivity index is 0.00000363. The first kappa shape index (κ1) is 25.5. The summed E-state index contributed by atoms with van der Waals surface area (Å²) in [7, 11) is 3.38. The van der Waals surface area contributed by atoms with E-state index in [9.17, 15) is 0 Å². The van der Waals surface area contributed by atoms with Crippen LogP contribution in [0.1, 0.15) is 24.7 Å². The first-order chi connectivity index (χ1) is 15.2. The number of benzene rings is 2. The number of guanidine groups is 1. The maximum atomic E-state index is 5.65. The number of halogens is 1. The summed E-state index contributed by atoms with van der Waals surface area (Å²) in [5.41, 5.74) is 2.22. The van der Waals surface area contributed by atoms with Crippen LogP contribution in [0.3, 0.4) is 0 Å². The molecule has 0 radical (unpaired) electrons. The Morgan fingerprint density at radius 3 is 2.66 bits per heavy atom. The van der Waals surface area contributed by atoms with E-state index in [-0.39, 0.29) is 24.0 Å². The van der Waals surface area contributed by atoms with Crippen molar-refractivity contribution >= 4 is 35.6 Å². The molecular formula is C24H32IN5O2. The summed E-state index contributed by atoms with van der Waals surface area (Å²) in [5.74, 6) is 3.03. The molecule has 0 spiro atoms. The van der Waals surface area contributed by atoms with Gasteiger partial charge < -0.3 is 24.7 Å². The van der Waals surface area contributed by atoms with Crippen molar-refractivity contribution in [1.82, 2.24) is 14.9 Å². The van der Waals surface area contributed by atoms with Crippen molar-refractivity contribution in [2.24, 2.45) is 4.99 Å². The third-order valence-electron chi connectivity index (χ3n) is 4.87. The van der Waals surface area contributed by atoms with Gasteiger partial charge in [-0.05, 0) is 37.5 Å². The number of aliphatic imine (C=N–C) groups is 1. The Hall–Kier alpha value is -2.75. The van der Waals surface area contributed by atoms with E-state index < -0.39 is 0 Å². The average molecular weight is 549 g/mol. The molecule has 0 saturated heterocycles. The fraction of sp³-hybridized carbons (Fsp3) is 0.333. The normalized spacial score (nSPS) is 10.9. The van der Waals surface area contributed by atoms with Crippen LogP contribution in [-0.2, 0) is 19.5 Å². The van der Waals surface area contributed by atoms with Crippen LogP contribution in [0, 0.1) is 0 Å². The number of hydrogen-bond donors (Lipinski definition) is 2.